The van der Waals surface area contributed by atoms with Crippen molar-refractivity contribution < 1.29 is 24.2 Å². The summed E-state index contributed by atoms with van der Waals surface area (Å²) in [4.78, 5) is 22.3. The zero-order valence-corrected chi connectivity index (χ0v) is 18.4. The Kier molecular flexibility index (Phi) is 5.73. The van der Waals surface area contributed by atoms with E-state index in [9.17, 15) is 14.7 Å². The molecule has 0 aromatic heterocycles. The van der Waals surface area contributed by atoms with Crippen molar-refractivity contribution >= 4 is 58.0 Å². The summed E-state index contributed by atoms with van der Waals surface area (Å²) in [6, 6.07) is 2.97. The van der Waals surface area contributed by atoms with Gasteiger partial charge in [0.15, 0.2) is 23.1 Å². The van der Waals surface area contributed by atoms with Crippen molar-refractivity contribution in [1.29, 1.82) is 0 Å². The maximum atomic E-state index is 13.2. The molecule has 9 heteroatoms. The lowest BCUT2D eigenvalue weighted by Gasteiger charge is -2.50. The number of methoxy groups -OCH3 is 2. The van der Waals surface area contributed by atoms with Crippen molar-refractivity contribution in [2.24, 2.45) is 0 Å². The van der Waals surface area contributed by atoms with Crippen LogP contribution in [-0.2, 0) is 9.59 Å². The number of Topliss-reactive ketones (excluding diaryl/α,β-unsaturated/α-hetero) is 2. The van der Waals surface area contributed by atoms with Crippen LogP contribution in [0, 0.1) is 0 Å². The number of hydrogen-bond donors (Lipinski definition) is 1. The third-order valence-corrected chi connectivity index (χ3v) is 7.53. The standard InChI is InChI=1S/C20H16Cl4O5/c1-4-9-5-6-19(23)17(26)14(21)15(22)18(27)20(19,24)13(9)10-7-11(28-2)16(25)12(8-10)29-3/h4-5,7-8,13,25H,1,6H2,2-3H3/t13-,19-,20+/m1/s1. The van der Waals surface area contributed by atoms with Crippen molar-refractivity contribution in [3.8, 4) is 17.2 Å². The first-order valence-corrected chi connectivity index (χ1v) is 9.89. The Hall–Kier alpha value is -1.66. The van der Waals surface area contributed by atoms with Gasteiger partial charge in [0, 0.05) is 5.92 Å². The number of benzene rings is 1. The fourth-order valence-corrected chi connectivity index (χ4v) is 5.24. The molecule has 1 aromatic carbocycles. The minimum atomic E-state index is -1.99. The van der Waals surface area contributed by atoms with E-state index < -0.39 is 37.3 Å². The van der Waals surface area contributed by atoms with Gasteiger partial charge in [-0.15, -0.1) is 23.2 Å². The highest BCUT2D eigenvalue weighted by molar-refractivity contribution is 6.66. The molecule has 0 fully saturated rings. The van der Waals surface area contributed by atoms with E-state index in [-0.39, 0.29) is 23.7 Å². The summed E-state index contributed by atoms with van der Waals surface area (Å²) in [5, 5.41) is 9.32. The van der Waals surface area contributed by atoms with Gasteiger partial charge in [-0.2, -0.15) is 0 Å². The molecule has 3 atom stereocenters. The van der Waals surface area contributed by atoms with Gasteiger partial charge in [-0.05, 0) is 29.7 Å². The molecule has 2 aliphatic rings. The molecule has 1 N–H and O–H groups in total. The topological polar surface area (TPSA) is 72.8 Å². The molecule has 0 radical (unpaired) electrons. The Morgan fingerprint density at radius 2 is 1.62 bits per heavy atom. The van der Waals surface area contributed by atoms with Crippen LogP contribution in [0.4, 0.5) is 0 Å². The van der Waals surface area contributed by atoms with Gasteiger partial charge in [-0.3, -0.25) is 9.59 Å². The van der Waals surface area contributed by atoms with Crippen LogP contribution in [0.2, 0.25) is 0 Å². The predicted octanol–water partition coefficient (Wildman–Crippen LogP) is 4.81. The molecule has 5 nitrogen and oxygen atoms in total. The minimum absolute atomic E-state index is 0.0484. The molecule has 3 rings (SSSR count). The summed E-state index contributed by atoms with van der Waals surface area (Å²) in [6.07, 6.45) is 3.14. The van der Waals surface area contributed by atoms with Crippen molar-refractivity contribution in [2.75, 3.05) is 14.2 Å². The Balaban J connectivity index is 2.37. The number of ketones is 2. The van der Waals surface area contributed by atoms with E-state index in [1.165, 1.54) is 32.4 Å². The summed E-state index contributed by atoms with van der Waals surface area (Å²) < 4.78 is 10.4. The third-order valence-electron chi connectivity index (χ3n) is 5.28. The van der Waals surface area contributed by atoms with Crippen LogP contribution >= 0.6 is 46.4 Å². The van der Waals surface area contributed by atoms with Crippen LogP contribution in [0.25, 0.3) is 0 Å². The molecule has 0 heterocycles. The van der Waals surface area contributed by atoms with Crippen LogP contribution in [0.15, 0.2) is 46.5 Å². The first-order chi connectivity index (χ1) is 13.6. The minimum Gasteiger partial charge on any atom is -0.502 e. The molecule has 2 aliphatic carbocycles. The summed E-state index contributed by atoms with van der Waals surface area (Å²) >= 11 is 25.7. The molecule has 154 valence electrons. The Morgan fingerprint density at radius 1 is 1.10 bits per heavy atom. The Bertz CT molecular complexity index is 974. The second kappa shape index (κ2) is 7.55. The zero-order chi connectivity index (χ0) is 21.7. The van der Waals surface area contributed by atoms with Crippen molar-refractivity contribution in [1.82, 2.24) is 0 Å². The largest absolute Gasteiger partial charge is 0.502 e. The molecular weight excluding hydrogens is 462 g/mol. The monoisotopic (exact) mass is 476 g/mol. The molecule has 0 saturated heterocycles. The second-order valence-electron chi connectivity index (χ2n) is 6.62. The number of phenols is 1. The molecule has 0 saturated carbocycles. The highest BCUT2D eigenvalue weighted by Crippen LogP contribution is 2.60. The van der Waals surface area contributed by atoms with Gasteiger partial charge in [0.1, 0.15) is 19.8 Å². The number of allylic oxidation sites excluding steroid dienone is 5. The average molecular weight is 478 g/mol. The van der Waals surface area contributed by atoms with E-state index in [2.05, 4.69) is 6.58 Å². The molecular formula is C20H16Cl4O5. The number of halogens is 4. The van der Waals surface area contributed by atoms with E-state index in [1.807, 2.05) is 0 Å². The van der Waals surface area contributed by atoms with Crippen molar-refractivity contribution in [3.63, 3.8) is 0 Å². The fraction of sp³-hybridized carbons (Fsp3) is 0.300. The third kappa shape index (κ3) is 2.90. The smallest absolute Gasteiger partial charge is 0.200 e. The SMILES string of the molecule is C=CC1=CC[C@@]2(Cl)C(=O)C(Cl)=C(Cl)C(=O)[C@@]2(Cl)[C@H]1c1cc(OC)c(O)c(OC)c1. The van der Waals surface area contributed by atoms with E-state index in [0.29, 0.717) is 11.1 Å². The molecule has 1 aromatic rings. The maximum Gasteiger partial charge on any atom is 0.200 e. The summed E-state index contributed by atoms with van der Waals surface area (Å²) in [5.74, 6) is -2.52. The number of alkyl halides is 2. The van der Waals surface area contributed by atoms with Crippen LogP contribution in [0.5, 0.6) is 17.2 Å². The number of rotatable bonds is 4. The fourth-order valence-electron chi connectivity index (χ4n) is 3.79. The number of ether oxygens (including phenoxy) is 2. The molecule has 0 aliphatic heterocycles. The van der Waals surface area contributed by atoms with E-state index in [0.717, 1.165) is 0 Å². The van der Waals surface area contributed by atoms with Crippen LogP contribution in [0.3, 0.4) is 0 Å². The van der Waals surface area contributed by atoms with Gasteiger partial charge in [0.25, 0.3) is 0 Å². The van der Waals surface area contributed by atoms with Gasteiger partial charge < -0.3 is 14.6 Å². The highest BCUT2D eigenvalue weighted by Gasteiger charge is 2.68. The number of carbonyl (C=O) groups excluding carboxylic acids is 2. The highest BCUT2D eigenvalue weighted by atomic mass is 35.5. The number of fused-ring (bicyclic) bond motifs is 1. The average Bonchev–Trinajstić information content (AvgIpc) is 2.72. The summed E-state index contributed by atoms with van der Waals surface area (Å²) in [7, 11) is 2.72. The Morgan fingerprint density at radius 3 is 2.10 bits per heavy atom. The molecule has 0 bridgehead atoms. The maximum absolute atomic E-state index is 13.2. The lowest BCUT2D eigenvalue weighted by molar-refractivity contribution is -0.127. The zero-order valence-electron chi connectivity index (χ0n) is 15.4. The Labute approximate surface area is 187 Å². The molecule has 29 heavy (non-hydrogen) atoms. The van der Waals surface area contributed by atoms with Gasteiger partial charge in [0.2, 0.25) is 5.75 Å². The lowest BCUT2D eigenvalue weighted by atomic mass is 9.62. The number of phenolic OH excluding ortho intramolecular Hbond substituents is 1. The lowest BCUT2D eigenvalue weighted by Crippen LogP contribution is -2.64. The van der Waals surface area contributed by atoms with E-state index in [4.69, 9.17) is 55.9 Å². The first kappa shape index (κ1) is 22.0. The number of aromatic hydroxyl groups is 1. The predicted molar refractivity (Wildman–Crippen MR) is 113 cm³/mol. The van der Waals surface area contributed by atoms with Crippen LogP contribution in [0.1, 0.15) is 17.9 Å². The molecule has 0 spiro atoms. The first-order valence-electron chi connectivity index (χ1n) is 8.38. The van der Waals surface area contributed by atoms with Gasteiger partial charge in [-0.25, -0.2) is 0 Å². The van der Waals surface area contributed by atoms with Gasteiger partial charge >= 0.3 is 0 Å². The second-order valence-corrected chi connectivity index (χ2v) is 8.62. The van der Waals surface area contributed by atoms with Gasteiger partial charge in [0.05, 0.1) is 14.2 Å². The number of carbonyl (C=O) groups is 2. The van der Waals surface area contributed by atoms with Crippen molar-refractivity contribution in [2.45, 2.75) is 22.1 Å². The summed E-state index contributed by atoms with van der Waals surface area (Å²) in [5.41, 5.74) is 0.959. The summed E-state index contributed by atoms with van der Waals surface area (Å²) in [6.45, 7) is 3.78. The van der Waals surface area contributed by atoms with E-state index >= 15 is 0 Å². The normalized spacial score (nSPS) is 29.3. The molecule has 0 unspecified atom stereocenters. The van der Waals surface area contributed by atoms with Crippen LogP contribution < -0.4 is 9.47 Å². The van der Waals surface area contributed by atoms with Crippen molar-refractivity contribution in [3.05, 3.63) is 52.1 Å². The quantitative estimate of drug-likeness (QED) is 0.630. The molecule has 0 amide bonds. The van der Waals surface area contributed by atoms with Crippen LogP contribution in [-0.4, -0.2) is 40.6 Å². The van der Waals surface area contributed by atoms with Gasteiger partial charge in [-0.1, -0.05) is 41.9 Å². The van der Waals surface area contributed by atoms with E-state index in [1.54, 1.807) is 6.08 Å². The number of hydrogen-bond acceptors (Lipinski definition) is 5.